The molecule has 3 N–H and O–H groups in total. The standard InChI is InChI=1S/C14H20N2O4S/c1-19-11-2-3-12(15)13(8-11)21(18)9-14(17)16-10-4-6-20-7-5-10/h2-3,8,10H,4-7,9,15H2,1H3,(H,16,17). The Balaban J connectivity index is 1.95. The van der Waals surface area contributed by atoms with Gasteiger partial charge in [-0.25, -0.2) is 0 Å². The van der Waals surface area contributed by atoms with Gasteiger partial charge in [-0.3, -0.25) is 9.00 Å². The Labute approximate surface area is 126 Å². The van der Waals surface area contributed by atoms with Crippen LogP contribution in [0.5, 0.6) is 5.75 Å². The van der Waals surface area contributed by atoms with E-state index in [4.69, 9.17) is 15.2 Å². The fourth-order valence-corrected chi connectivity index (χ4v) is 3.20. The minimum Gasteiger partial charge on any atom is -0.497 e. The molecule has 1 aliphatic heterocycles. The highest BCUT2D eigenvalue weighted by atomic mass is 32.2. The molecule has 0 bridgehead atoms. The van der Waals surface area contributed by atoms with Gasteiger partial charge < -0.3 is 20.5 Å². The number of ether oxygens (including phenoxy) is 2. The molecule has 7 heteroatoms. The van der Waals surface area contributed by atoms with Gasteiger partial charge in [-0.15, -0.1) is 0 Å². The number of methoxy groups -OCH3 is 1. The number of carbonyl (C=O) groups excluding carboxylic acids is 1. The van der Waals surface area contributed by atoms with Crippen LogP contribution in [0.4, 0.5) is 5.69 Å². The van der Waals surface area contributed by atoms with Crippen LogP contribution in [0.15, 0.2) is 23.1 Å². The molecule has 0 spiro atoms. The monoisotopic (exact) mass is 312 g/mol. The largest absolute Gasteiger partial charge is 0.497 e. The molecule has 0 aliphatic carbocycles. The van der Waals surface area contributed by atoms with Gasteiger partial charge in [-0.1, -0.05) is 0 Å². The van der Waals surface area contributed by atoms with Crippen LogP contribution < -0.4 is 15.8 Å². The number of amides is 1. The molecular formula is C14H20N2O4S. The number of hydrogen-bond donors (Lipinski definition) is 2. The Hall–Kier alpha value is -1.60. The van der Waals surface area contributed by atoms with Gasteiger partial charge in [0.2, 0.25) is 5.91 Å². The summed E-state index contributed by atoms with van der Waals surface area (Å²) in [5, 5.41) is 2.88. The van der Waals surface area contributed by atoms with Gasteiger partial charge in [-0.05, 0) is 31.0 Å². The number of carbonyl (C=O) groups is 1. The van der Waals surface area contributed by atoms with Crippen LogP contribution in [-0.4, -0.2) is 42.2 Å². The molecule has 1 aromatic carbocycles. The summed E-state index contributed by atoms with van der Waals surface area (Å²) < 4.78 is 22.6. The zero-order valence-electron chi connectivity index (χ0n) is 12.0. The van der Waals surface area contributed by atoms with E-state index in [1.807, 2.05) is 0 Å². The molecule has 21 heavy (non-hydrogen) atoms. The van der Waals surface area contributed by atoms with Gasteiger partial charge >= 0.3 is 0 Å². The molecule has 1 aromatic rings. The van der Waals surface area contributed by atoms with E-state index in [1.54, 1.807) is 18.2 Å². The summed E-state index contributed by atoms with van der Waals surface area (Å²) in [6, 6.07) is 5.03. The molecule has 1 unspecified atom stereocenters. The number of anilines is 1. The Kier molecular flexibility index (Phi) is 5.58. The molecule has 1 heterocycles. The molecule has 1 amide bonds. The summed E-state index contributed by atoms with van der Waals surface area (Å²) in [5.74, 6) is 0.231. The number of nitrogens with one attached hydrogen (secondary N) is 1. The molecule has 0 radical (unpaired) electrons. The van der Waals surface area contributed by atoms with E-state index in [0.717, 1.165) is 12.8 Å². The molecule has 1 atom stereocenters. The van der Waals surface area contributed by atoms with Crippen LogP contribution >= 0.6 is 0 Å². The zero-order valence-corrected chi connectivity index (χ0v) is 12.8. The SMILES string of the molecule is COc1ccc(N)c(S(=O)CC(=O)NC2CCOCC2)c1. The summed E-state index contributed by atoms with van der Waals surface area (Å²) in [4.78, 5) is 12.4. The number of nitrogens with two attached hydrogens (primary N) is 1. The smallest absolute Gasteiger partial charge is 0.233 e. The summed E-state index contributed by atoms with van der Waals surface area (Å²) in [6.45, 7) is 1.30. The van der Waals surface area contributed by atoms with Gasteiger partial charge in [0.1, 0.15) is 11.5 Å². The van der Waals surface area contributed by atoms with E-state index in [9.17, 15) is 9.00 Å². The summed E-state index contributed by atoms with van der Waals surface area (Å²) in [7, 11) is 0.0343. The maximum absolute atomic E-state index is 12.3. The third-order valence-electron chi connectivity index (χ3n) is 3.31. The van der Waals surface area contributed by atoms with Crippen LogP contribution in [-0.2, 0) is 20.3 Å². The Morgan fingerprint density at radius 2 is 2.19 bits per heavy atom. The van der Waals surface area contributed by atoms with Crippen molar-refractivity contribution in [1.82, 2.24) is 5.32 Å². The maximum atomic E-state index is 12.3. The maximum Gasteiger partial charge on any atom is 0.233 e. The van der Waals surface area contributed by atoms with Crippen LogP contribution in [0.1, 0.15) is 12.8 Å². The normalized spacial score (nSPS) is 17.2. The highest BCUT2D eigenvalue weighted by Gasteiger charge is 2.19. The molecule has 1 saturated heterocycles. The van der Waals surface area contributed by atoms with Gasteiger partial charge in [0.05, 0.1) is 22.8 Å². The quantitative estimate of drug-likeness (QED) is 0.780. The van der Waals surface area contributed by atoms with E-state index in [2.05, 4.69) is 5.32 Å². The van der Waals surface area contributed by atoms with Crippen molar-refractivity contribution in [2.24, 2.45) is 0 Å². The van der Waals surface area contributed by atoms with E-state index in [1.165, 1.54) is 7.11 Å². The topological polar surface area (TPSA) is 90.7 Å². The first-order valence-corrected chi connectivity index (χ1v) is 8.11. The second kappa shape index (κ2) is 7.42. The molecular weight excluding hydrogens is 292 g/mol. The Morgan fingerprint density at radius 3 is 2.86 bits per heavy atom. The highest BCUT2D eigenvalue weighted by Crippen LogP contribution is 2.22. The number of benzene rings is 1. The Morgan fingerprint density at radius 1 is 1.48 bits per heavy atom. The van der Waals surface area contributed by atoms with Gasteiger partial charge in [-0.2, -0.15) is 0 Å². The zero-order chi connectivity index (χ0) is 15.2. The number of hydrogen-bond acceptors (Lipinski definition) is 5. The molecule has 1 aliphatic rings. The first-order valence-electron chi connectivity index (χ1n) is 6.79. The molecule has 6 nitrogen and oxygen atoms in total. The lowest BCUT2D eigenvalue weighted by atomic mass is 10.1. The van der Waals surface area contributed by atoms with Crippen molar-refractivity contribution in [3.05, 3.63) is 18.2 Å². The third kappa shape index (κ3) is 4.44. The molecule has 1 fully saturated rings. The fourth-order valence-electron chi connectivity index (χ4n) is 2.15. The van der Waals surface area contributed by atoms with Crippen LogP contribution in [0.25, 0.3) is 0 Å². The highest BCUT2D eigenvalue weighted by molar-refractivity contribution is 7.86. The van der Waals surface area contributed by atoms with Crippen molar-refractivity contribution in [3.63, 3.8) is 0 Å². The summed E-state index contributed by atoms with van der Waals surface area (Å²) in [6.07, 6.45) is 1.58. The van der Waals surface area contributed by atoms with Crippen LogP contribution in [0.3, 0.4) is 0 Å². The predicted octanol–water partition coefficient (Wildman–Crippen LogP) is 0.680. The van der Waals surface area contributed by atoms with Crippen molar-refractivity contribution in [3.8, 4) is 5.75 Å². The van der Waals surface area contributed by atoms with Gasteiger partial charge in [0, 0.05) is 24.9 Å². The average Bonchev–Trinajstić information content (AvgIpc) is 2.48. The van der Waals surface area contributed by atoms with Crippen molar-refractivity contribution in [2.75, 3.05) is 31.8 Å². The van der Waals surface area contributed by atoms with Crippen molar-refractivity contribution in [2.45, 2.75) is 23.8 Å². The molecule has 2 rings (SSSR count). The van der Waals surface area contributed by atoms with Crippen molar-refractivity contribution >= 4 is 22.4 Å². The predicted molar refractivity (Wildman–Crippen MR) is 80.7 cm³/mol. The lowest BCUT2D eigenvalue weighted by Gasteiger charge is -2.23. The fraction of sp³-hybridized carbons (Fsp3) is 0.500. The van der Waals surface area contributed by atoms with E-state index < -0.39 is 10.8 Å². The first kappa shape index (κ1) is 15.8. The summed E-state index contributed by atoms with van der Waals surface area (Å²) >= 11 is 0. The minimum atomic E-state index is -1.49. The van der Waals surface area contributed by atoms with E-state index >= 15 is 0 Å². The third-order valence-corrected chi connectivity index (χ3v) is 4.68. The van der Waals surface area contributed by atoms with Gasteiger partial charge in [0.25, 0.3) is 0 Å². The van der Waals surface area contributed by atoms with Crippen molar-refractivity contribution in [1.29, 1.82) is 0 Å². The average molecular weight is 312 g/mol. The molecule has 0 saturated carbocycles. The molecule has 116 valence electrons. The van der Waals surface area contributed by atoms with E-state index in [0.29, 0.717) is 29.5 Å². The second-order valence-electron chi connectivity index (χ2n) is 4.85. The lowest BCUT2D eigenvalue weighted by molar-refractivity contribution is -0.119. The Bertz CT molecular complexity index is 530. The van der Waals surface area contributed by atoms with Crippen LogP contribution in [0.2, 0.25) is 0 Å². The van der Waals surface area contributed by atoms with Gasteiger partial charge in [0.15, 0.2) is 0 Å². The van der Waals surface area contributed by atoms with Crippen molar-refractivity contribution < 1.29 is 18.5 Å². The lowest BCUT2D eigenvalue weighted by Crippen LogP contribution is -2.40. The second-order valence-corrected chi connectivity index (χ2v) is 6.27. The van der Waals surface area contributed by atoms with E-state index in [-0.39, 0.29) is 17.7 Å². The molecule has 0 aromatic heterocycles. The summed E-state index contributed by atoms with van der Waals surface area (Å²) in [5.41, 5.74) is 6.20. The number of nitrogen functional groups attached to an aromatic ring is 1. The first-order chi connectivity index (χ1) is 10.1. The minimum absolute atomic E-state index is 0.102. The van der Waals surface area contributed by atoms with Crippen LogP contribution in [0, 0.1) is 0 Å². The number of rotatable bonds is 5.